The molecule has 2 atom stereocenters. The van der Waals surface area contributed by atoms with Gasteiger partial charge in [-0.25, -0.2) is 9.59 Å². The quantitative estimate of drug-likeness (QED) is 0.149. The van der Waals surface area contributed by atoms with Crippen LogP contribution in [0, 0.1) is 11.3 Å². The number of amidine groups is 1. The number of halogens is 3. The lowest BCUT2D eigenvalue weighted by Crippen LogP contribution is -2.41. The number of carbonyl (C=O) groups excluding carboxylic acids is 2. The van der Waals surface area contributed by atoms with E-state index < -0.39 is 35.9 Å². The fourth-order valence-electron chi connectivity index (χ4n) is 3.10. The molecule has 0 aromatic heterocycles. The Labute approximate surface area is 192 Å². The fraction of sp³-hybridized carbons (Fsp3) is 0.476. The van der Waals surface area contributed by atoms with E-state index in [1.54, 1.807) is 31.2 Å². The molecule has 0 radical (unpaired) electrons. The minimum atomic E-state index is -5.08. The van der Waals surface area contributed by atoms with Crippen molar-refractivity contribution in [3.8, 4) is 0 Å². The maximum Gasteiger partial charge on any atom is 0.490 e. The first-order chi connectivity index (χ1) is 15.8. The van der Waals surface area contributed by atoms with Gasteiger partial charge in [-0.2, -0.15) is 13.2 Å². The SMILES string of the molecule is CC(CC(=O)C(OC1CCNCC1)C(=O)O)C(=O)c1ccccc1C(=N)N.O=C(O)C(F)(F)F. The van der Waals surface area contributed by atoms with Crippen molar-refractivity contribution in [2.24, 2.45) is 11.7 Å². The highest BCUT2D eigenvalue weighted by Crippen LogP contribution is 2.19. The number of piperidine rings is 1. The molecule has 2 unspecified atom stereocenters. The van der Waals surface area contributed by atoms with E-state index in [1.807, 2.05) is 0 Å². The summed E-state index contributed by atoms with van der Waals surface area (Å²) >= 11 is 0. The molecule has 1 aromatic carbocycles. The van der Waals surface area contributed by atoms with Gasteiger partial charge in [-0.05, 0) is 25.9 Å². The maximum absolute atomic E-state index is 12.7. The van der Waals surface area contributed by atoms with Gasteiger partial charge in [-0.3, -0.25) is 15.0 Å². The number of nitrogen functional groups attached to an aromatic ring is 1. The second-order valence-corrected chi connectivity index (χ2v) is 7.50. The molecule has 0 spiro atoms. The Bertz CT molecular complexity index is 915. The number of aliphatic carboxylic acids is 2. The Balaban J connectivity index is 0.000000718. The number of benzene rings is 1. The summed E-state index contributed by atoms with van der Waals surface area (Å²) in [6.45, 7) is 2.98. The molecule has 2 rings (SSSR count). The Morgan fingerprint density at radius 2 is 1.65 bits per heavy atom. The molecule has 0 aliphatic carbocycles. The lowest BCUT2D eigenvalue weighted by Gasteiger charge is -2.26. The molecule has 1 aromatic rings. The number of ether oxygens (including phenoxy) is 1. The number of hydrogen-bond acceptors (Lipinski definition) is 7. The van der Waals surface area contributed by atoms with E-state index in [-0.39, 0.29) is 29.7 Å². The summed E-state index contributed by atoms with van der Waals surface area (Å²) in [5.41, 5.74) is 6.05. The Kier molecular flexibility index (Phi) is 10.8. The fourth-order valence-corrected chi connectivity index (χ4v) is 3.10. The van der Waals surface area contributed by atoms with Crippen molar-refractivity contribution in [3.63, 3.8) is 0 Å². The summed E-state index contributed by atoms with van der Waals surface area (Å²) in [6, 6.07) is 6.41. The number of carboxylic acid groups (broad SMARTS) is 2. The van der Waals surface area contributed by atoms with Crippen LogP contribution in [0.1, 0.15) is 42.1 Å². The molecule has 10 nitrogen and oxygen atoms in total. The topological polar surface area (TPSA) is 180 Å². The Morgan fingerprint density at radius 1 is 1.15 bits per heavy atom. The van der Waals surface area contributed by atoms with Crippen LogP contribution in [0.15, 0.2) is 24.3 Å². The highest BCUT2D eigenvalue weighted by Gasteiger charge is 2.38. The van der Waals surface area contributed by atoms with E-state index >= 15 is 0 Å². The van der Waals surface area contributed by atoms with E-state index in [9.17, 15) is 32.7 Å². The molecule has 0 amide bonds. The van der Waals surface area contributed by atoms with E-state index in [0.29, 0.717) is 31.5 Å². The number of Topliss-reactive ketones (excluding diaryl/α,β-unsaturated/α-hetero) is 2. The van der Waals surface area contributed by atoms with Crippen LogP contribution in [0.3, 0.4) is 0 Å². The molecule has 1 saturated heterocycles. The van der Waals surface area contributed by atoms with Crippen LogP contribution in [0.2, 0.25) is 0 Å². The highest BCUT2D eigenvalue weighted by molar-refractivity contribution is 6.10. The lowest BCUT2D eigenvalue weighted by atomic mass is 9.90. The summed E-state index contributed by atoms with van der Waals surface area (Å²) in [6.07, 6.45) is -5.94. The van der Waals surface area contributed by atoms with Crippen molar-refractivity contribution in [2.45, 2.75) is 44.6 Å². The number of carbonyl (C=O) groups is 4. The van der Waals surface area contributed by atoms with Gasteiger partial charge in [-0.1, -0.05) is 31.2 Å². The molecule has 13 heteroatoms. The third-order valence-electron chi connectivity index (χ3n) is 4.81. The summed E-state index contributed by atoms with van der Waals surface area (Å²) in [5.74, 6) is -6.09. The molecule has 0 bridgehead atoms. The molecule has 1 aliphatic rings. The van der Waals surface area contributed by atoms with Crippen LogP contribution in [-0.4, -0.2) is 71.0 Å². The zero-order valence-electron chi connectivity index (χ0n) is 18.2. The van der Waals surface area contributed by atoms with Crippen LogP contribution in [0.4, 0.5) is 13.2 Å². The molecule has 188 valence electrons. The standard InChI is InChI=1S/C19H25N3O5.C2HF3O2/c1-11(16(24)13-4-2-3-5-14(13)18(20)21)10-15(23)17(19(25)26)27-12-6-8-22-9-7-12;3-2(4,5)1(6)7/h2-5,11-12,17,22H,6-10H2,1H3,(H3,20,21)(H,25,26);(H,6,7). The minimum Gasteiger partial charge on any atom is -0.479 e. The van der Waals surface area contributed by atoms with E-state index in [1.165, 1.54) is 0 Å². The second-order valence-electron chi connectivity index (χ2n) is 7.50. The van der Waals surface area contributed by atoms with E-state index in [2.05, 4.69) is 5.32 Å². The zero-order valence-corrected chi connectivity index (χ0v) is 18.2. The van der Waals surface area contributed by atoms with E-state index in [0.717, 1.165) is 0 Å². The maximum atomic E-state index is 12.7. The van der Waals surface area contributed by atoms with Crippen LogP contribution < -0.4 is 11.1 Å². The second kappa shape index (κ2) is 12.8. The molecular weight excluding hydrogens is 463 g/mol. The van der Waals surface area contributed by atoms with Crippen molar-refractivity contribution in [1.82, 2.24) is 5.32 Å². The van der Waals surface area contributed by atoms with E-state index in [4.69, 9.17) is 25.8 Å². The van der Waals surface area contributed by atoms with Gasteiger partial charge in [0.15, 0.2) is 11.6 Å². The van der Waals surface area contributed by atoms with Crippen molar-refractivity contribution in [1.29, 1.82) is 5.41 Å². The average molecular weight is 489 g/mol. The van der Waals surface area contributed by atoms with Crippen molar-refractivity contribution >= 4 is 29.3 Å². The normalized spacial score (nSPS) is 15.9. The molecule has 1 fully saturated rings. The first-order valence-corrected chi connectivity index (χ1v) is 10.1. The van der Waals surface area contributed by atoms with Crippen LogP contribution in [0.25, 0.3) is 0 Å². The number of alkyl halides is 3. The van der Waals surface area contributed by atoms with Gasteiger partial charge in [0.25, 0.3) is 0 Å². The van der Waals surface area contributed by atoms with Gasteiger partial charge in [0.2, 0.25) is 6.10 Å². The summed E-state index contributed by atoms with van der Waals surface area (Å²) in [5, 5.41) is 27.2. The monoisotopic (exact) mass is 489 g/mol. The first kappa shape index (κ1) is 28.7. The molecular formula is C21H26F3N3O7. The number of rotatable bonds is 9. The Hall–Kier alpha value is -3.32. The van der Waals surface area contributed by atoms with Gasteiger partial charge in [0.1, 0.15) is 5.84 Å². The van der Waals surface area contributed by atoms with Crippen LogP contribution in [-0.2, 0) is 19.1 Å². The van der Waals surface area contributed by atoms with Crippen molar-refractivity contribution in [3.05, 3.63) is 35.4 Å². The predicted octanol–water partition coefficient (Wildman–Crippen LogP) is 1.60. The number of hydrogen-bond donors (Lipinski definition) is 5. The smallest absolute Gasteiger partial charge is 0.479 e. The van der Waals surface area contributed by atoms with Gasteiger partial charge in [0, 0.05) is 23.5 Å². The van der Waals surface area contributed by atoms with Gasteiger partial charge in [-0.15, -0.1) is 0 Å². The predicted molar refractivity (Wildman–Crippen MR) is 113 cm³/mol. The zero-order chi connectivity index (χ0) is 26.1. The molecule has 1 heterocycles. The van der Waals surface area contributed by atoms with Gasteiger partial charge in [0.05, 0.1) is 6.10 Å². The van der Waals surface area contributed by atoms with Gasteiger partial charge < -0.3 is 26.0 Å². The van der Waals surface area contributed by atoms with Crippen molar-refractivity contribution in [2.75, 3.05) is 13.1 Å². The minimum absolute atomic E-state index is 0.241. The highest BCUT2D eigenvalue weighted by atomic mass is 19.4. The first-order valence-electron chi connectivity index (χ1n) is 10.1. The Morgan fingerprint density at radius 3 is 2.09 bits per heavy atom. The number of nitrogens with two attached hydrogens (primary N) is 1. The molecule has 34 heavy (non-hydrogen) atoms. The summed E-state index contributed by atoms with van der Waals surface area (Å²) in [4.78, 5) is 45.6. The molecule has 0 saturated carbocycles. The largest absolute Gasteiger partial charge is 0.490 e. The molecule has 6 N–H and O–H groups in total. The number of nitrogens with one attached hydrogen (secondary N) is 2. The number of carboxylic acids is 2. The summed E-state index contributed by atoms with van der Waals surface area (Å²) in [7, 11) is 0. The third-order valence-corrected chi connectivity index (χ3v) is 4.81. The van der Waals surface area contributed by atoms with Gasteiger partial charge >= 0.3 is 18.1 Å². The summed E-state index contributed by atoms with van der Waals surface area (Å²) < 4.78 is 37.2. The molecule has 1 aliphatic heterocycles. The lowest BCUT2D eigenvalue weighted by molar-refractivity contribution is -0.192. The average Bonchev–Trinajstić information content (AvgIpc) is 2.77. The number of ketones is 2. The van der Waals surface area contributed by atoms with Crippen LogP contribution in [0.5, 0.6) is 0 Å². The third kappa shape index (κ3) is 8.90. The van der Waals surface area contributed by atoms with Crippen LogP contribution >= 0.6 is 0 Å². The van der Waals surface area contributed by atoms with Crippen molar-refractivity contribution < 1.29 is 47.3 Å².